The summed E-state index contributed by atoms with van der Waals surface area (Å²) in [7, 11) is 0. The summed E-state index contributed by atoms with van der Waals surface area (Å²) in [5, 5.41) is 3.24. The molecule has 0 N–H and O–H groups in total. The van der Waals surface area contributed by atoms with Gasteiger partial charge >= 0.3 is 0 Å². The van der Waals surface area contributed by atoms with Crippen LogP contribution in [0, 0.1) is 5.41 Å². The third-order valence-electron chi connectivity index (χ3n) is 1.99. The van der Waals surface area contributed by atoms with Crippen LogP contribution in [-0.2, 0) is 6.42 Å². The summed E-state index contributed by atoms with van der Waals surface area (Å²) in [5.74, 6) is 0. The fourth-order valence-electron chi connectivity index (χ4n) is 0.983. The molecule has 0 fully saturated rings. The molecule has 0 unspecified atom stereocenters. The van der Waals surface area contributed by atoms with Crippen LogP contribution in [0.15, 0.2) is 17.5 Å². The third kappa shape index (κ3) is 3.28. The third-order valence-corrected chi connectivity index (χ3v) is 4.44. The fraction of sp³-hybridized carbons (Fsp3) is 0.600. The van der Waals surface area contributed by atoms with Crippen molar-refractivity contribution >= 4 is 27.3 Å². The minimum absolute atomic E-state index is 0.435. The summed E-state index contributed by atoms with van der Waals surface area (Å²) in [4.78, 5) is 1.50. The highest BCUT2D eigenvalue weighted by atomic mass is 79.9. The molecule has 1 rings (SSSR count). The molecule has 0 aliphatic heterocycles. The molecule has 1 heterocycles. The first-order valence-corrected chi connectivity index (χ1v) is 6.22. The molecule has 0 saturated carbocycles. The van der Waals surface area contributed by atoms with Gasteiger partial charge in [-0.15, -0.1) is 11.3 Å². The van der Waals surface area contributed by atoms with E-state index in [-0.39, 0.29) is 0 Å². The van der Waals surface area contributed by atoms with E-state index in [1.807, 2.05) is 11.3 Å². The summed E-state index contributed by atoms with van der Waals surface area (Å²) >= 11 is 5.40. The van der Waals surface area contributed by atoms with E-state index >= 15 is 0 Å². The topological polar surface area (TPSA) is 0 Å². The first-order chi connectivity index (χ1) is 5.64. The highest BCUT2D eigenvalue weighted by molar-refractivity contribution is 9.09. The van der Waals surface area contributed by atoms with E-state index in [2.05, 4.69) is 47.3 Å². The van der Waals surface area contributed by atoms with Crippen molar-refractivity contribution in [1.82, 2.24) is 0 Å². The predicted molar refractivity (Wildman–Crippen MR) is 60.2 cm³/mol. The molecule has 1 aromatic rings. The van der Waals surface area contributed by atoms with Crippen molar-refractivity contribution in [1.29, 1.82) is 0 Å². The van der Waals surface area contributed by atoms with Crippen molar-refractivity contribution in [3.8, 4) is 0 Å². The van der Waals surface area contributed by atoms with Gasteiger partial charge in [-0.2, -0.15) is 0 Å². The summed E-state index contributed by atoms with van der Waals surface area (Å²) < 4.78 is 0. The van der Waals surface area contributed by atoms with Crippen LogP contribution in [0.1, 0.15) is 25.1 Å². The molecule has 0 atom stereocenters. The van der Waals surface area contributed by atoms with Gasteiger partial charge in [0.2, 0.25) is 0 Å². The molecule has 0 nitrogen and oxygen atoms in total. The van der Waals surface area contributed by atoms with Crippen LogP contribution in [0.4, 0.5) is 0 Å². The molecule has 2 heteroatoms. The molecule has 0 amide bonds. The molecular weight excluding hydrogens is 232 g/mol. The van der Waals surface area contributed by atoms with E-state index in [0.29, 0.717) is 5.41 Å². The lowest BCUT2D eigenvalue weighted by atomic mass is 9.90. The van der Waals surface area contributed by atoms with Gasteiger partial charge in [-0.1, -0.05) is 35.8 Å². The Morgan fingerprint density at radius 2 is 2.25 bits per heavy atom. The largest absolute Gasteiger partial charge is 0.149 e. The lowest BCUT2D eigenvalue weighted by Gasteiger charge is -2.20. The Morgan fingerprint density at radius 1 is 1.50 bits per heavy atom. The Labute approximate surface area is 87.1 Å². The number of rotatable bonds is 4. The molecule has 0 spiro atoms. The van der Waals surface area contributed by atoms with E-state index in [1.54, 1.807) is 0 Å². The van der Waals surface area contributed by atoms with Gasteiger partial charge < -0.3 is 0 Å². The van der Waals surface area contributed by atoms with Gasteiger partial charge in [0.25, 0.3) is 0 Å². The normalized spacial score (nSPS) is 11.9. The zero-order valence-corrected chi connectivity index (χ0v) is 10.0. The van der Waals surface area contributed by atoms with E-state index in [9.17, 15) is 0 Å². The highest BCUT2D eigenvalue weighted by Gasteiger charge is 2.15. The number of aryl methyl sites for hydroxylation is 1. The van der Waals surface area contributed by atoms with Gasteiger partial charge in [0.1, 0.15) is 0 Å². The predicted octanol–water partition coefficient (Wildman–Crippen LogP) is 4.10. The summed E-state index contributed by atoms with van der Waals surface area (Å²) in [5.41, 5.74) is 0.435. The molecule has 0 bridgehead atoms. The van der Waals surface area contributed by atoms with Gasteiger partial charge in [-0.3, -0.25) is 0 Å². The van der Waals surface area contributed by atoms with Crippen LogP contribution in [0.2, 0.25) is 0 Å². The number of hydrogen-bond donors (Lipinski definition) is 0. The van der Waals surface area contributed by atoms with Gasteiger partial charge in [0.05, 0.1) is 0 Å². The minimum atomic E-state index is 0.435. The van der Waals surface area contributed by atoms with Crippen LogP contribution in [-0.4, -0.2) is 5.33 Å². The van der Waals surface area contributed by atoms with Gasteiger partial charge in [0, 0.05) is 10.2 Å². The maximum atomic E-state index is 3.54. The van der Waals surface area contributed by atoms with E-state index in [0.717, 1.165) is 5.33 Å². The monoisotopic (exact) mass is 246 g/mol. The second-order valence-corrected chi connectivity index (χ2v) is 5.47. The standard InChI is InChI=1S/C10H15BrS/c1-10(2,8-11)6-5-9-4-3-7-12-9/h3-4,7H,5-6,8H2,1-2H3. The first kappa shape index (κ1) is 10.3. The maximum absolute atomic E-state index is 3.54. The Morgan fingerprint density at radius 3 is 2.75 bits per heavy atom. The number of halogens is 1. The number of alkyl halides is 1. The van der Waals surface area contributed by atoms with Crippen molar-refractivity contribution in [2.24, 2.45) is 5.41 Å². The van der Waals surface area contributed by atoms with Gasteiger partial charge in [-0.05, 0) is 29.7 Å². The van der Waals surface area contributed by atoms with Crippen molar-refractivity contribution in [3.63, 3.8) is 0 Å². The SMILES string of the molecule is CC(C)(CBr)CCc1cccs1. The smallest absolute Gasteiger partial charge is 0.00828 e. The van der Waals surface area contributed by atoms with E-state index in [4.69, 9.17) is 0 Å². The molecule has 68 valence electrons. The lowest BCUT2D eigenvalue weighted by Crippen LogP contribution is -2.13. The first-order valence-electron chi connectivity index (χ1n) is 4.22. The molecule has 0 radical (unpaired) electrons. The molecule has 0 aromatic carbocycles. The molecule has 12 heavy (non-hydrogen) atoms. The van der Waals surface area contributed by atoms with Gasteiger partial charge in [0.15, 0.2) is 0 Å². The quantitative estimate of drug-likeness (QED) is 0.702. The molecule has 0 aliphatic carbocycles. The Balaban J connectivity index is 2.36. The molecular formula is C10H15BrS. The molecule has 1 aromatic heterocycles. The van der Waals surface area contributed by atoms with Crippen molar-refractivity contribution in [3.05, 3.63) is 22.4 Å². The molecule has 0 aliphatic rings. The van der Waals surface area contributed by atoms with Crippen LogP contribution in [0.3, 0.4) is 0 Å². The Hall–Kier alpha value is 0.180. The van der Waals surface area contributed by atoms with E-state index in [1.165, 1.54) is 17.7 Å². The highest BCUT2D eigenvalue weighted by Crippen LogP contribution is 2.26. The summed E-state index contributed by atoms with van der Waals surface area (Å²) in [6.07, 6.45) is 2.48. The number of hydrogen-bond acceptors (Lipinski definition) is 1. The Kier molecular flexibility index (Phi) is 3.78. The van der Waals surface area contributed by atoms with Crippen LogP contribution in [0.25, 0.3) is 0 Å². The summed E-state index contributed by atoms with van der Waals surface area (Å²) in [6, 6.07) is 4.34. The average molecular weight is 247 g/mol. The van der Waals surface area contributed by atoms with Crippen molar-refractivity contribution < 1.29 is 0 Å². The second kappa shape index (κ2) is 4.43. The van der Waals surface area contributed by atoms with Gasteiger partial charge in [-0.25, -0.2) is 0 Å². The Bertz CT molecular complexity index is 214. The zero-order chi connectivity index (χ0) is 9.03. The second-order valence-electron chi connectivity index (χ2n) is 3.88. The van der Waals surface area contributed by atoms with E-state index < -0.39 is 0 Å². The lowest BCUT2D eigenvalue weighted by molar-refractivity contribution is 0.392. The van der Waals surface area contributed by atoms with Crippen LogP contribution >= 0.6 is 27.3 Å². The molecule has 0 saturated heterocycles. The van der Waals surface area contributed by atoms with Crippen molar-refractivity contribution in [2.75, 3.05) is 5.33 Å². The van der Waals surface area contributed by atoms with Crippen LogP contribution in [0.5, 0.6) is 0 Å². The summed E-state index contributed by atoms with van der Waals surface area (Å²) in [6.45, 7) is 4.60. The maximum Gasteiger partial charge on any atom is 0.00828 e. The zero-order valence-electron chi connectivity index (χ0n) is 7.64. The number of thiophene rings is 1. The fourth-order valence-corrected chi connectivity index (χ4v) is 1.97. The van der Waals surface area contributed by atoms with Crippen LogP contribution < -0.4 is 0 Å². The average Bonchev–Trinajstić information content (AvgIpc) is 2.53. The minimum Gasteiger partial charge on any atom is -0.149 e. The van der Waals surface area contributed by atoms with Crippen molar-refractivity contribution in [2.45, 2.75) is 26.7 Å².